The fraction of sp³-hybridized carbons (Fsp3) is 0.250. The van der Waals surface area contributed by atoms with Gasteiger partial charge in [0, 0.05) is 18.0 Å². The molecule has 1 amide bonds. The molecule has 0 unspecified atom stereocenters. The van der Waals surface area contributed by atoms with Gasteiger partial charge in [0.2, 0.25) is 0 Å². The number of benzene rings is 1. The molecule has 0 aliphatic heterocycles. The third kappa shape index (κ3) is 1.23. The molecule has 0 radical (unpaired) electrons. The Morgan fingerprint density at radius 3 is 2.53 bits per heavy atom. The van der Waals surface area contributed by atoms with Crippen molar-refractivity contribution in [2.45, 2.75) is 13.8 Å². The topological polar surface area (TPSA) is 48.0 Å². The number of fused-ring (bicyclic) bond motifs is 1. The highest BCUT2D eigenvalue weighted by Gasteiger charge is 2.16. The maximum Gasteiger partial charge on any atom is 0.265 e. The number of nitrogens with zero attached hydrogens (tertiary/aromatic N) is 1. The average Bonchev–Trinajstić information content (AvgIpc) is 2.40. The van der Waals surface area contributed by atoms with Crippen molar-refractivity contribution in [1.29, 1.82) is 0 Å². The van der Waals surface area contributed by atoms with Crippen molar-refractivity contribution in [3.05, 3.63) is 35.0 Å². The van der Waals surface area contributed by atoms with Crippen LogP contribution in [0.1, 0.15) is 21.6 Å². The molecule has 1 heterocycles. The Hall–Kier alpha value is -1.77. The van der Waals surface area contributed by atoms with Gasteiger partial charge in [-0.15, -0.1) is 0 Å². The van der Waals surface area contributed by atoms with Crippen LogP contribution in [0, 0.1) is 13.8 Å². The standard InChI is InChI=1S/C12H14N2O/c1-7-5-4-6-9-10(7)8(2)11(12(13)15)14(9)3/h4-6H,1-3H3,(H2,13,15). The van der Waals surface area contributed by atoms with Crippen LogP contribution in [0.25, 0.3) is 10.9 Å². The van der Waals surface area contributed by atoms with Crippen molar-refractivity contribution in [2.75, 3.05) is 0 Å². The Bertz CT molecular complexity index is 552. The van der Waals surface area contributed by atoms with E-state index in [9.17, 15) is 4.79 Å². The molecule has 78 valence electrons. The molecule has 2 rings (SSSR count). The summed E-state index contributed by atoms with van der Waals surface area (Å²) in [6.45, 7) is 3.98. The molecule has 0 spiro atoms. The fourth-order valence-electron chi connectivity index (χ4n) is 2.26. The molecule has 0 aliphatic rings. The van der Waals surface area contributed by atoms with Crippen LogP contribution in [0.15, 0.2) is 18.2 Å². The van der Waals surface area contributed by atoms with Gasteiger partial charge in [-0.25, -0.2) is 0 Å². The average molecular weight is 202 g/mol. The lowest BCUT2D eigenvalue weighted by Gasteiger charge is -1.99. The van der Waals surface area contributed by atoms with Gasteiger partial charge in [-0.1, -0.05) is 12.1 Å². The van der Waals surface area contributed by atoms with E-state index in [-0.39, 0.29) is 5.91 Å². The van der Waals surface area contributed by atoms with E-state index in [1.54, 1.807) is 0 Å². The molecule has 1 aromatic heterocycles. The lowest BCUT2D eigenvalue weighted by Crippen LogP contribution is -2.16. The molecule has 0 fully saturated rings. The molecular weight excluding hydrogens is 188 g/mol. The maximum absolute atomic E-state index is 11.3. The Kier molecular flexibility index (Phi) is 2.03. The second-order valence-electron chi connectivity index (χ2n) is 3.87. The van der Waals surface area contributed by atoms with Crippen LogP contribution in [0.3, 0.4) is 0 Å². The number of aryl methyl sites for hydroxylation is 3. The summed E-state index contributed by atoms with van der Waals surface area (Å²) in [6, 6.07) is 6.03. The van der Waals surface area contributed by atoms with Gasteiger partial charge in [0.1, 0.15) is 5.69 Å². The third-order valence-corrected chi connectivity index (χ3v) is 2.91. The van der Waals surface area contributed by atoms with Crippen LogP contribution in [0.5, 0.6) is 0 Å². The van der Waals surface area contributed by atoms with Crippen molar-refractivity contribution in [2.24, 2.45) is 12.8 Å². The monoisotopic (exact) mass is 202 g/mol. The van der Waals surface area contributed by atoms with Crippen molar-refractivity contribution < 1.29 is 4.79 Å². The van der Waals surface area contributed by atoms with Crippen molar-refractivity contribution in [3.63, 3.8) is 0 Å². The van der Waals surface area contributed by atoms with Gasteiger partial charge in [-0.2, -0.15) is 0 Å². The van der Waals surface area contributed by atoms with Crippen LogP contribution >= 0.6 is 0 Å². The number of hydrogen-bond acceptors (Lipinski definition) is 1. The molecule has 0 saturated carbocycles. The van der Waals surface area contributed by atoms with Gasteiger partial charge in [-0.05, 0) is 31.0 Å². The number of carbonyl (C=O) groups is 1. The molecule has 3 nitrogen and oxygen atoms in total. The number of amides is 1. The van der Waals surface area contributed by atoms with Gasteiger partial charge in [0.25, 0.3) is 5.91 Å². The Labute approximate surface area is 88.5 Å². The molecule has 2 N–H and O–H groups in total. The summed E-state index contributed by atoms with van der Waals surface area (Å²) in [4.78, 5) is 11.3. The Morgan fingerprint density at radius 1 is 1.33 bits per heavy atom. The lowest BCUT2D eigenvalue weighted by molar-refractivity contribution is 0.0992. The van der Waals surface area contributed by atoms with E-state index in [2.05, 4.69) is 0 Å². The molecule has 0 bridgehead atoms. The molecule has 2 aromatic rings. The summed E-state index contributed by atoms with van der Waals surface area (Å²) in [5.41, 5.74) is 9.17. The number of primary amides is 1. The van der Waals surface area contributed by atoms with Gasteiger partial charge >= 0.3 is 0 Å². The predicted molar refractivity (Wildman–Crippen MR) is 60.9 cm³/mol. The number of aromatic nitrogens is 1. The van der Waals surface area contributed by atoms with Crippen LogP contribution in [-0.2, 0) is 7.05 Å². The van der Waals surface area contributed by atoms with Gasteiger partial charge in [0.15, 0.2) is 0 Å². The summed E-state index contributed by atoms with van der Waals surface area (Å²) < 4.78 is 1.86. The first-order chi connectivity index (χ1) is 7.04. The first kappa shape index (κ1) is 9.77. The van der Waals surface area contributed by atoms with Crippen molar-refractivity contribution in [3.8, 4) is 0 Å². The maximum atomic E-state index is 11.3. The van der Waals surface area contributed by atoms with E-state index in [0.29, 0.717) is 5.69 Å². The van der Waals surface area contributed by atoms with E-state index >= 15 is 0 Å². The van der Waals surface area contributed by atoms with E-state index < -0.39 is 0 Å². The van der Waals surface area contributed by atoms with Gasteiger partial charge < -0.3 is 10.3 Å². The highest BCUT2D eigenvalue weighted by Crippen LogP contribution is 2.26. The first-order valence-corrected chi connectivity index (χ1v) is 4.88. The summed E-state index contributed by atoms with van der Waals surface area (Å²) >= 11 is 0. The zero-order valence-electron chi connectivity index (χ0n) is 9.16. The van der Waals surface area contributed by atoms with E-state index in [0.717, 1.165) is 16.5 Å². The molecule has 15 heavy (non-hydrogen) atoms. The SMILES string of the molecule is Cc1cccc2c1c(C)c(C(N)=O)n2C. The molecule has 0 saturated heterocycles. The normalized spacial score (nSPS) is 10.9. The van der Waals surface area contributed by atoms with Gasteiger partial charge in [0.05, 0.1) is 0 Å². The molecular formula is C12H14N2O. The minimum absolute atomic E-state index is 0.370. The third-order valence-electron chi connectivity index (χ3n) is 2.91. The molecule has 1 aromatic carbocycles. The summed E-state index contributed by atoms with van der Waals surface area (Å²) in [7, 11) is 1.87. The van der Waals surface area contributed by atoms with Gasteiger partial charge in [-0.3, -0.25) is 4.79 Å². The van der Waals surface area contributed by atoms with Crippen molar-refractivity contribution >= 4 is 16.8 Å². The largest absolute Gasteiger partial charge is 0.364 e. The minimum Gasteiger partial charge on any atom is -0.364 e. The highest BCUT2D eigenvalue weighted by molar-refractivity contribution is 6.01. The zero-order chi connectivity index (χ0) is 11.2. The second-order valence-corrected chi connectivity index (χ2v) is 3.87. The van der Waals surface area contributed by atoms with E-state index in [1.165, 1.54) is 5.56 Å². The molecule has 3 heteroatoms. The first-order valence-electron chi connectivity index (χ1n) is 4.88. The Balaban J connectivity index is 2.98. The Morgan fingerprint density at radius 2 is 2.00 bits per heavy atom. The summed E-state index contributed by atoms with van der Waals surface area (Å²) in [6.07, 6.45) is 0. The quantitative estimate of drug-likeness (QED) is 0.754. The fourth-order valence-corrected chi connectivity index (χ4v) is 2.26. The van der Waals surface area contributed by atoms with Crippen LogP contribution in [-0.4, -0.2) is 10.5 Å². The number of hydrogen-bond donors (Lipinski definition) is 1. The second kappa shape index (κ2) is 3.12. The lowest BCUT2D eigenvalue weighted by atomic mass is 10.1. The number of rotatable bonds is 1. The van der Waals surface area contributed by atoms with E-state index in [1.807, 2.05) is 43.7 Å². The molecule has 0 aliphatic carbocycles. The molecule has 0 atom stereocenters. The summed E-state index contributed by atoms with van der Waals surface area (Å²) in [5, 5.41) is 1.13. The smallest absolute Gasteiger partial charge is 0.265 e. The highest BCUT2D eigenvalue weighted by atomic mass is 16.1. The number of carbonyl (C=O) groups excluding carboxylic acids is 1. The van der Waals surface area contributed by atoms with Crippen LogP contribution < -0.4 is 5.73 Å². The predicted octanol–water partition coefficient (Wildman–Crippen LogP) is 1.89. The van der Waals surface area contributed by atoms with Crippen LogP contribution in [0.4, 0.5) is 0 Å². The minimum atomic E-state index is -0.370. The van der Waals surface area contributed by atoms with Crippen molar-refractivity contribution in [1.82, 2.24) is 4.57 Å². The number of nitrogens with two attached hydrogens (primary N) is 1. The van der Waals surface area contributed by atoms with E-state index in [4.69, 9.17) is 5.73 Å². The summed E-state index contributed by atoms with van der Waals surface area (Å²) in [5.74, 6) is -0.370. The zero-order valence-corrected chi connectivity index (χ0v) is 9.16. The van der Waals surface area contributed by atoms with Crippen LogP contribution in [0.2, 0.25) is 0 Å².